The van der Waals surface area contributed by atoms with Crippen LogP contribution in [0.15, 0.2) is 6.20 Å². The molecule has 1 aliphatic heterocycles. The van der Waals surface area contributed by atoms with E-state index >= 15 is 0 Å². The second-order valence-corrected chi connectivity index (χ2v) is 5.04. The first-order chi connectivity index (χ1) is 7.83. The summed E-state index contributed by atoms with van der Waals surface area (Å²) in [6.45, 7) is 3.77. The lowest BCUT2D eigenvalue weighted by molar-refractivity contribution is 0.0548. The molecule has 16 heavy (non-hydrogen) atoms. The molecule has 1 aromatic rings. The molecular weight excluding hydrogens is 224 g/mol. The van der Waals surface area contributed by atoms with Gasteiger partial charge in [-0.25, -0.2) is 4.68 Å². The highest BCUT2D eigenvalue weighted by molar-refractivity contribution is 7.99. The Hall–Kier alpha value is -0.590. The average Bonchev–Trinajstić information content (AvgIpc) is 2.78. The van der Waals surface area contributed by atoms with E-state index in [9.17, 15) is 0 Å². The molecule has 6 heteroatoms. The van der Waals surface area contributed by atoms with Crippen molar-refractivity contribution in [2.75, 3.05) is 18.1 Å². The molecule has 1 aliphatic rings. The first kappa shape index (κ1) is 11.9. The molecule has 0 amide bonds. The van der Waals surface area contributed by atoms with Crippen LogP contribution < -0.4 is 5.73 Å². The van der Waals surface area contributed by atoms with E-state index in [1.165, 1.54) is 0 Å². The number of nitrogens with two attached hydrogens (primary N) is 1. The van der Waals surface area contributed by atoms with Crippen molar-refractivity contribution in [3.8, 4) is 0 Å². The van der Waals surface area contributed by atoms with Crippen LogP contribution in [-0.4, -0.2) is 39.2 Å². The van der Waals surface area contributed by atoms with Crippen LogP contribution in [0.4, 0.5) is 0 Å². The Morgan fingerprint density at radius 2 is 2.62 bits per heavy atom. The number of hydrogen-bond donors (Lipinski definition) is 1. The van der Waals surface area contributed by atoms with E-state index in [0.29, 0.717) is 0 Å². The van der Waals surface area contributed by atoms with Gasteiger partial charge in [0.15, 0.2) is 0 Å². The van der Waals surface area contributed by atoms with Gasteiger partial charge in [0.1, 0.15) is 0 Å². The number of ether oxygens (including phenoxy) is 1. The van der Waals surface area contributed by atoms with Crippen molar-refractivity contribution in [3.05, 3.63) is 11.9 Å². The molecule has 1 aromatic heterocycles. The molecule has 0 radical (unpaired) electrons. The molecule has 2 rings (SSSR count). The fourth-order valence-corrected chi connectivity index (χ4v) is 2.73. The summed E-state index contributed by atoms with van der Waals surface area (Å²) < 4.78 is 7.56. The average molecular weight is 242 g/mol. The summed E-state index contributed by atoms with van der Waals surface area (Å²) in [7, 11) is 0. The monoisotopic (exact) mass is 242 g/mol. The third kappa shape index (κ3) is 2.56. The molecule has 0 spiro atoms. The summed E-state index contributed by atoms with van der Waals surface area (Å²) in [6.07, 6.45) is 2.87. The number of thioether (sulfide) groups is 1. The van der Waals surface area contributed by atoms with Crippen LogP contribution in [0.1, 0.15) is 25.1 Å². The van der Waals surface area contributed by atoms with Gasteiger partial charge < -0.3 is 10.5 Å². The molecule has 0 saturated carbocycles. The quantitative estimate of drug-likeness (QED) is 0.846. The van der Waals surface area contributed by atoms with Crippen molar-refractivity contribution in [2.45, 2.75) is 32.0 Å². The molecule has 1 fully saturated rings. The maximum Gasteiger partial charge on any atom is 0.0874 e. The van der Waals surface area contributed by atoms with Gasteiger partial charge in [-0.3, -0.25) is 0 Å². The van der Waals surface area contributed by atoms with E-state index in [0.717, 1.165) is 36.8 Å². The minimum Gasteiger partial charge on any atom is -0.374 e. The highest BCUT2D eigenvalue weighted by Gasteiger charge is 2.25. The Morgan fingerprint density at radius 3 is 3.31 bits per heavy atom. The molecule has 0 aromatic carbocycles. The SMILES string of the molecule is CCCn1nncc1C(N)C1CSCCO1. The van der Waals surface area contributed by atoms with Gasteiger partial charge in [0.2, 0.25) is 0 Å². The third-order valence-electron chi connectivity index (χ3n) is 2.67. The summed E-state index contributed by atoms with van der Waals surface area (Å²) in [5.41, 5.74) is 7.19. The third-order valence-corrected chi connectivity index (χ3v) is 3.69. The van der Waals surface area contributed by atoms with E-state index in [4.69, 9.17) is 10.5 Å². The van der Waals surface area contributed by atoms with Crippen molar-refractivity contribution < 1.29 is 4.74 Å². The Kier molecular flexibility index (Phi) is 4.20. The number of rotatable bonds is 4. The highest BCUT2D eigenvalue weighted by atomic mass is 32.2. The number of aromatic nitrogens is 3. The second kappa shape index (κ2) is 5.65. The van der Waals surface area contributed by atoms with Crippen LogP contribution >= 0.6 is 11.8 Å². The number of hydrogen-bond acceptors (Lipinski definition) is 5. The Morgan fingerprint density at radius 1 is 1.75 bits per heavy atom. The van der Waals surface area contributed by atoms with Crippen molar-refractivity contribution >= 4 is 11.8 Å². The van der Waals surface area contributed by atoms with Crippen molar-refractivity contribution in [2.24, 2.45) is 5.73 Å². The molecule has 1 saturated heterocycles. The van der Waals surface area contributed by atoms with Crippen molar-refractivity contribution in [1.29, 1.82) is 0 Å². The van der Waals surface area contributed by atoms with Gasteiger partial charge >= 0.3 is 0 Å². The fraction of sp³-hybridized carbons (Fsp3) is 0.800. The molecule has 2 heterocycles. The van der Waals surface area contributed by atoms with Crippen molar-refractivity contribution in [3.63, 3.8) is 0 Å². The standard InChI is InChI=1S/C10H18N4OS/c1-2-3-14-8(6-12-13-14)10(11)9-7-16-5-4-15-9/h6,9-10H,2-5,7,11H2,1H3. The minimum absolute atomic E-state index is 0.0906. The summed E-state index contributed by atoms with van der Waals surface area (Å²) in [5, 5.41) is 7.97. The van der Waals surface area contributed by atoms with Crippen LogP contribution in [0.3, 0.4) is 0 Å². The van der Waals surface area contributed by atoms with Crippen LogP contribution in [0.25, 0.3) is 0 Å². The van der Waals surface area contributed by atoms with Gasteiger partial charge in [0.05, 0.1) is 30.6 Å². The molecule has 2 atom stereocenters. The topological polar surface area (TPSA) is 66.0 Å². The molecule has 0 aliphatic carbocycles. The van der Waals surface area contributed by atoms with Gasteiger partial charge in [-0.2, -0.15) is 11.8 Å². The van der Waals surface area contributed by atoms with Crippen LogP contribution in [0, 0.1) is 0 Å². The minimum atomic E-state index is -0.116. The molecular formula is C10H18N4OS. The van der Waals surface area contributed by atoms with E-state index in [-0.39, 0.29) is 12.1 Å². The second-order valence-electron chi connectivity index (χ2n) is 3.89. The zero-order chi connectivity index (χ0) is 11.4. The van der Waals surface area contributed by atoms with Gasteiger partial charge in [0.25, 0.3) is 0 Å². The first-order valence-corrected chi connectivity index (χ1v) is 6.81. The number of nitrogens with zero attached hydrogens (tertiary/aromatic N) is 3. The molecule has 90 valence electrons. The molecule has 5 nitrogen and oxygen atoms in total. The highest BCUT2D eigenvalue weighted by Crippen LogP contribution is 2.23. The largest absolute Gasteiger partial charge is 0.374 e. The fourth-order valence-electron chi connectivity index (χ4n) is 1.81. The van der Waals surface area contributed by atoms with Crippen LogP contribution in [0.2, 0.25) is 0 Å². The predicted molar refractivity (Wildman–Crippen MR) is 64.3 cm³/mol. The van der Waals surface area contributed by atoms with Crippen LogP contribution in [0.5, 0.6) is 0 Å². The Balaban J connectivity index is 2.06. The summed E-state index contributed by atoms with van der Waals surface area (Å²) in [5.74, 6) is 2.02. The lowest BCUT2D eigenvalue weighted by Gasteiger charge is -2.27. The molecule has 0 bridgehead atoms. The number of aryl methyl sites for hydroxylation is 1. The van der Waals surface area contributed by atoms with Crippen LogP contribution in [-0.2, 0) is 11.3 Å². The first-order valence-electron chi connectivity index (χ1n) is 5.66. The zero-order valence-electron chi connectivity index (χ0n) is 9.50. The molecule has 2 unspecified atom stereocenters. The zero-order valence-corrected chi connectivity index (χ0v) is 10.3. The van der Waals surface area contributed by atoms with E-state index in [2.05, 4.69) is 17.2 Å². The predicted octanol–water partition coefficient (Wildman–Crippen LogP) is 0.820. The van der Waals surface area contributed by atoms with E-state index in [1.807, 2.05) is 16.4 Å². The van der Waals surface area contributed by atoms with Crippen molar-refractivity contribution in [1.82, 2.24) is 15.0 Å². The lowest BCUT2D eigenvalue weighted by atomic mass is 10.1. The molecule has 2 N–H and O–H groups in total. The Bertz CT molecular complexity index is 324. The summed E-state index contributed by atoms with van der Waals surface area (Å²) in [6, 6.07) is -0.116. The maximum absolute atomic E-state index is 6.21. The van der Waals surface area contributed by atoms with Gasteiger partial charge in [0, 0.05) is 18.1 Å². The van der Waals surface area contributed by atoms with E-state index in [1.54, 1.807) is 6.20 Å². The smallest absolute Gasteiger partial charge is 0.0874 e. The van der Waals surface area contributed by atoms with E-state index < -0.39 is 0 Å². The lowest BCUT2D eigenvalue weighted by Crippen LogP contribution is -2.36. The normalized spacial score (nSPS) is 23.2. The van der Waals surface area contributed by atoms with Gasteiger partial charge in [-0.1, -0.05) is 12.1 Å². The summed E-state index contributed by atoms with van der Waals surface area (Å²) in [4.78, 5) is 0. The maximum atomic E-state index is 6.21. The van der Waals surface area contributed by atoms with Gasteiger partial charge in [-0.15, -0.1) is 5.10 Å². The summed E-state index contributed by atoms with van der Waals surface area (Å²) >= 11 is 1.89. The Labute approximate surface area is 99.7 Å². The van der Waals surface area contributed by atoms with Gasteiger partial charge in [-0.05, 0) is 6.42 Å².